The highest BCUT2D eigenvalue weighted by atomic mass is 19.1. The molecule has 6 nitrogen and oxygen atoms in total. The van der Waals surface area contributed by atoms with Crippen LogP contribution in [0.25, 0.3) is 11.4 Å². The lowest BCUT2D eigenvalue weighted by Crippen LogP contribution is -2.25. The zero-order chi connectivity index (χ0) is 22.5. The summed E-state index contributed by atoms with van der Waals surface area (Å²) < 4.78 is 29.7. The maximum Gasteiger partial charge on any atom is 0.241 e. The Morgan fingerprint density at radius 1 is 0.906 bits per heavy atom. The number of rotatable bonds is 8. The van der Waals surface area contributed by atoms with Crippen LogP contribution in [0.1, 0.15) is 23.1 Å². The van der Waals surface area contributed by atoms with Crippen LogP contribution < -0.4 is 9.47 Å². The fourth-order valence-corrected chi connectivity index (χ4v) is 3.70. The molecular formula is C25H24FN3O3. The standard InChI is InChI=1S/C25H24FN3O3/c1-29(24(17-7-5-4-6-8-17)18-9-12-20(26)13-10-18)16-23-27-25(28-32-23)19-11-14-21(30-2)22(15-19)31-3/h4-15,24H,16H2,1-3H3. The first-order chi connectivity index (χ1) is 15.6. The molecule has 0 bridgehead atoms. The quantitative estimate of drug-likeness (QED) is 0.385. The van der Waals surface area contributed by atoms with Crippen molar-refractivity contribution in [2.75, 3.05) is 21.3 Å². The van der Waals surface area contributed by atoms with Crippen LogP contribution in [0.4, 0.5) is 4.39 Å². The molecule has 0 aliphatic heterocycles. The Balaban J connectivity index is 1.59. The number of methoxy groups -OCH3 is 2. The van der Waals surface area contributed by atoms with Crippen molar-refractivity contribution in [3.63, 3.8) is 0 Å². The van der Waals surface area contributed by atoms with Crippen LogP contribution in [0.15, 0.2) is 77.3 Å². The highest BCUT2D eigenvalue weighted by Gasteiger charge is 2.22. The SMILES string of the molecule is COc1ccc(-c2noc(CN(C)C(c3ccccc3)c3ccc(F)cc3)n2)cc1OC. The molecule has 0 aliphatic rings. The molecule has 0 N–H and O–H groups in total. The molecule has 1 heterocycles. The Bertz CT molecular complexity index is 1160. The van der Waals surface area contributed by atoms with E-state index in [9.17, 15) is 4.39 Å². The molecule has 0 fully saturated rings. The Kier molecular flexibility index (Phi) is 6.47. The number of nitrogens with zero attached hydrogens (tertiary/aromatic N) is 3. The number of aromatic nitrogens is 2. The Morgan fingerprint density at radius 3 is 2.28 bits per heavy atom. The summed E-state index contributed by atoms with van der Waals surface area (Å²) in [4.78, 5) is 6.65. The zero-order valence-corrected chi connectivity index (χ0v) is 18.2. The van der Waals surface area contributed by atoms with E-state index in [4.69, 9.17) is 14.0 Å². The highest BCUT2D eigenvalue weighted by molar-refractivity contribution is 5.60. The van der Waals surface area contributed by atoms with Crippen LogP contribution in [0, 0.1) is 5.82 Å². The minimum atomic E-state index is -0.264. The van der Waals surface area contributed by atoms with E-state index in [0.717, 1.165) is 16.7 Å². The molecule has 32 heavy (non-hydrogen) atoms. The highest BCUT2D eigenvalue weighted by Crippen LogP contribution is 2.32. The van der Waals surface area contributed by atoms with Crippen LogP contribution in [-0.2, 0) is 6.54 Å². The molecule has 3 aromatic carbocycles. The van der Waals surface area contributed by atoms with Gasteiger partial charge in [0.2, 0.25) is 11.7 Å². The minimum Gasteiger partial charge on any atom is -0.493 e. The number of hydrogen-bond donors (Lipinski definition) is 0. The normalized spacial score (nSPS) is 12.0. The van der Waals surface area contributed by atoms with Gasteiger partial charge in [0.05, 0.1) is 26.8 Å². The zero-order valence-electron chi connectivity index (χ0n) is 18.2. The third-order valence-electron chi connectivity index (χ3n) is 5.24. The van der Waals surface area contributed by atoms with Crippen molar-refractivity contribution in [1.82, 2.24) is 15.0 Å². The first-order valence-electron chi connectivity index (χ1n) is 10.1. The van der Waals surface area contributed by atoms with Gasteiger partial charge in [-0.2, -0.15) is 4.98 Å². The topological polar surface area (TPSA) is 60.6 Å². The summed E-state index contributed by atoms with van der Waals surface area (Å²) >= 11 is 0. The van der Waals surface area contributed by atoms with Gasteiger partial charge in [0.15, 0.2) is 11.5 Å². The van der Waals surface area contributed by atoms with Gasteiger partial charge in [-0.1, -0.05) is 47.6 Å². The van der Waals surface area contributed by atoms with E-state index in [1.165, 1.54) is 12.1 Å². The number of benzene rings is 3. The van der Waals surface area contributed by atoms with Gasteiger partial charge in [-0.15, -0.1) is 0 Å². The van der Waals surface area contributed by atoms with Crippen molar-refractivity contribution in [3.8, 4) is 22.9 Å². The molecule has 0 radical (unpaired) electrons. The molecule has 4 rings (SSSR count). The van der Waals surface area contributed by atoms with Gasteiger partial charge in [-0.25, -0.2) is 4.39 Å². The van der Waals surface area contributed by atoms with Gasteiger partial charge < -0.3 is 14.0 Å². The van der Waals surface area contributed by atoms with E-state index in [-0.39, 0.29) is 11.9 Å². The van der Waals surface area contributed by atoms with Gasteiger partial charge in [-0.3, -0.25) is 4.90 Å². The Hall–Kier alpha value is -3.71. The average Bonchev–Trinajstić information content (AvgIpc) is 3.29. The van der Waals surface area contributed by atoms with E-state index in [0.29, 0.717) is 29.8 Å². The summed E-state index contributed by atoms with van der Waals surface area (Å²) in [6.07, 6.45) is 0. The first kappa shape index (κ1) is 21.5. The lowest BCUT2D eigenvalue weighted by molar-refractivity contribution is 0.229. The third-order valence-corrected chi connectivity index (χ3v) is 5.24. The molecule has 0 aliphatic carbocycles. The molecule has 0 saturated heterocycles. The second-order valence-corrected chi connectivity index (χ2v) is 7.36. The molecule has 1 atom stereocenters. The van der Waals surface area contributed by atoms with Crippen LogP contribution in [-0.4, -0.2) is 36.3 Å². The molecule has 1 aromatic heterocycles. The van der Waals surface area contributed by atoms with Crippen LogP contribution in [0.2, 0.25) is 0 Å². The second-order valence-electron chi connectivity index (χ2n) is 7.36. The summed E-state index contributed by atoms with van der Waals surface area (Å²) in [5.41, 5.74) is 2.82. The summed E-state index contributed by atoms with van der Waals surface area (Å²) in [6.45, 7) is 0.414. The van der Waals surface area contributed by atoms with E-state index < -0.39 is 0 Å². The summed E-state index contributed by atoms with van der Waals surface area (Å²) in [7, 11) is 5.14. The predicted molar refractivity (Wildman–Crippen MR) is 119 cm³/mol. The molecule has 1 unspecified atom stereocenters. The average molecular weight is 433 g/mol. The van der Waals surface area contributed by atoms with Crippen LogP contribution in [0.3, 0.4) is 0 Å². The first-order valence-corrected chi connectivity index (χ1v) is 10.1. The number of halogens is 1. The van der Waals surface area contributed by atoms with E-state index >= 15 is 0 Å². The van der Waals surface area contributed by atoms with E-state index in [1.807, 2.05) is 49.5 Å². The van der Waals surface area contributed by atoms with E-state index in [1.54, 1.807) is 32.4 Å². The predicted octanol–water partition coefficient (Wildman–Crippen LogP) is 5.11. The second kappa shape index (κ2) is 9.62. The van der Waals surface area contributed by atoms with Crippen molar-refractivity contribution >= 4 is 0 Å². The fraction of sp³-hybridized carbons (Fsp3) is 0.200. The van der Waals surface area contributed by atoms with Gasteiger partial charge in [-0.05, 0) is 48.5 Å². The van der Waals surface area contributed by atoms with E-state index in [2.05, 4.69) is 15.0 Å². The van der Waals surface area contributed by atoms with Crippen molar-refractivity contribution in [2.24, 2.45) is 0 Å². The van der Waals surface area contributed by atoms with Crippen molar-refractivity contribution < 1.29 is 18.4 Å². The molecule has 4 aromatic rings. The largest absolute Gasteiger partial charge is 0.493 e. The van der Waals surface area contributed by atoms with Crippen LogP contribution >= 0.6 is 0 Å². The van der Waals surface area contributed by atoms with Gasteiger partial charge in [0.1, 0.15) is 5.82 Å². The van der Waals surface area contributed by atoms with Crippen molar-refractivity contribution in [1.29, 1.82) is 0 Å². The summed E-state index contributed by atoms with van der Waals surface area (Å²) in [6, 6.07) is 21.9. The smallest absolute Gasteiger partial charge is 0.241 e. The minimum absolute atomic E-state index is 0.103. The molecule has 0 amide bonds. The van der Waals surface area contributed by atoms with Gasteiger partial charge in [0.25, 0.3) is 0 Å². The molecular weight excluding hydrogens is 409 g/mol. The number of hydrogen-bond acceptors (Lipinski definition) is 6. The van der Waals surface area contributed by atoms with Gasteiger partial charge >= 0.3 is 0 Å². The molecule has 7 heteroatoms. The van der Waals surface area contributed by atoms with Crippen LogP contribution in [0.5, 0.6) is 11.5 Å². The lowest BCUT2D eigenvalue weighted by atomic mass is 9.97. The Morgan fingerprint density at radius 2 is 1.59 bits per heavy atom. The molecule has 164 valence electrons. The maximum absolute atomic E-state index is 13.5. The van der Waals surface area contributed by atoms with Crippen molar-refractivity contribution in [3.05, 3.63) is 95.6 Å². The molecule has 0 spiro atoms. The lowest BCUT2D eigenvalue weighted by Gasteiger charge is -2.27. The summed E-state index contributed by atoms with van der Waals surface area (Å²) in [5.74, 6) is 1.89. The fourth-order valence-electron chi connectivity index (χ4n) is 3.70. The van der Waals surface area contributed by atoms with Gasteiger partial charge in [0, 0.05) is 5.56 Å². The monoisotopic (exact) mass is 433 g/mol. The Labute approximate surface area is 186 Å². The number of ether oxygens (including phenoxy) is 2. The maximum atomic E-state index is 13.5. The van der Waals surface area contributed by atoms with Crippen molar-refractivity contribution in [2.45, 2.75) is 12.6 Å². The summed E-state index contributed by atoms with van der Waals surface area (Å²) in [5, 5.41) is 4.13. The third kappa shape index (κ3) is 4.63. The molecule has 0 saturated carbocycles.